The van der Waals surface area contributed by atoms with Crippen LogP contribution in [0.25, 0.3) is 0 Å². The molecule has 0 aliphatic heterocycles. The van der Waals surface area contributed by atoms with Crippen molar-refractivity contribution in [2.45, 2.75) is 156 Å². The Kier molecular flexibility index (Phi) is 28.6. The highest BCUT2D eigenvalue weighted by Crippen LogP contribution is 2.16. The molecule has 0 rings (SSSR count). The Bertz CT molecular complexity index is 338. The standard InChI is InChI=1S/C28H60N.CH2O3/c1-5-8-11-14-17-20-23-26-29(4,27-24-21-18-15-12-9-6-2)28-25-22-19-16-13-10-7-3;2-1(3)4/h5-28H2,1-4H3;(H2,2,3,4)/q+1;. The zero-order chi connectivity index (χ0) is 25.0. The molecule has 0 radical (unpaired) electrons. The van der Waals surface area contributed by atoms with E-state index < -0.39 is 6.16 Å². The van der Waals surface area contributed by atoms with E-state index in [2.05, 4.69) is 27.8 Å². The van der Waals surface area contributed by atoms with Crippen LogP contribution in [0.3, 0.4) is 0 Å². The lowest BCUT2D eigenvalue weighted by Gasteiger charge is -2.35. The lowest BCUT2D eigenvalue weighted by molar-refractivity contribution is -0.910. The van der Waals surface area contributed by atoms with Gasteiger partial charge in [-0.2, -0.15) is 0 Å². The molecule has 0 saturated heterocycles. The molecular formula is C29H62NO3+. The zero-order valence-electron chi connectivity index (χ0n) is 23.2. The van der Waals surface area contributed by atoms with Gasteiger partial charge in [0.2, 0.25) is 0 Å². The average Bonchev–Trinajstić information content (AvgIpc) is 2.77. The third-order valence-corrected chi connectivity index (χ3v) is 6.90. The van der Waals surface area contributed by atoms with Crippen molar-refractivity contribution in [3.05, 3.63) is 0 Å². The minimum absolute atomic E-state index is 1.36. The smallest absolute Gasteiger partial charge is 0.450 e. The maximum atomic E-state index is 8.56. The van der Waals surface area contributed by atoms with Crippen LogP contribution in [0, 0.1) is 0 Å². The summed E-state index contributed by atoms with van der Waals surface area (Å²) >= 11 is 0. The maximum absolute atomic E-state index is 8.56. The molecule has 0 atom stereocenters. The van der Waals surface area contributed by atoms with E-state index in [-0.39, 0.29) is 0 Å². The van der Waals surface area contributed by atoms with Crippen molar-refractivity contribution in [1.29, 1.82) is 0 Å². The Hall–Kier alpha value is -0.770. The number of carboxylic acid groups (broad SMARTS) is 2. The Morgan fingerprint density at radius 1 is 0.455 bits per heavy atom. The van der Waals surface area contributed by atoms with E-state index in [0.717, 1.165) is 0 Å². The van der Waals surface area contributed by atoms with Crippen molar-refractivity contribution in [2.75, 3.05) is 26.7 Å². The first-order valence-corrected chi connectivity index (χ1v) is 14.7. The first-order valence-electron chi connectivity index (χ1n) is 14.7. The van der Waals surface area contributed by atoms with Crippen LogP contribution < -0.4 is 0 Å². The highest BCUT2D eigenvalue weighted by molar-refractivity contribution is 5.53. The summed E-state index contributed by atoms with van der Waals surface area (Å²) in [5.41, 5.74) is 0. The van der Waals surface area contributed by atoms with Crippen molar-refractivity contribution in [3.8, 4) is 0 Å². The van der Waals surface area contributed by atoms with E-state index in [0.29, 0.717) is 0 Å². The summed E-state index contributed by atoms with van der Waals surface area (Å²) < 4.78 is 1.36. The molecule has 0 bridgehead atoms. The van der Waals surface area contributed by atoms with Gasteiger partial charge >= 0.3 is 6.16 Å². The van der Waals surface area contributed by atoms with Gasteiger partial charge in [0, 0.05) is 0 Å². The number of carbonyl (C=O) groups is 1. The van der Waals surface area contributed by atoms with Crippen LogP contribution >= 0.6 is 0 Å². The van der Waals surface area contributed by atoms with Crippen molar-refractivity contribution in [1.82, 2.24) is 0 Å². The Morgan fingerprint density at radius 2 is 0.636 bits per heavy atom. The van der Waals surface area contributed by atoms with Gasteiger partial charge in [0.1, 0.15) is 0 Å². The largest absolute Gasteiger partial charge is 0.503 e. The number of hydrogen-bond acceptors (Lipinski definition) is 1. The monoisotopic (exact) mass is 472 g/mol. The van der Waals surface area contributed by atoms with Crippen LogP contribution in [0.2, 0.25) is 0 Å². The fourth-order valence-electron chi connectivity index (χ4n) is 4.69. The fourth-order valence-corrected chi connectivity index (χ4v) is 4.69. The fraction of sp³-hybridized carbons (Fsp3) is 0.966. The minimum atomic E-state index is -1.83. The summed E-state index contributed by atoms with van der Waals surface area (Å²) in [7, 11) is 2.57. The summed E-state index contributed by atoms with van der Waals surface area (Å²) in [5.74, 6) is 0. The number of rotatable bonds is 24. The molecular weight excluding hydrogens is 410 g/mol. The van der Waals surface area contributed by atoms with Crippen LogP contribution in [-0.4, -0.2) is 47.5 Å². The molecule has 2 N–H and O–H groups in total. The van der Waals surface area contributed by atoms with Crippen LogP contribution in [-0.2, 0) is 0 Å². The molecule has 4 nitrogen and oxygen atoms in total. The van der Waals surface area contributed by atoms with E-state index in [1.165, 1.54) is 159 Å². The average molecular weight is 473 g/mol. The van der Waals surface area contributed by atoms with E-state index in [9.17, 15) is 0 Å². The van der Waals surface area contributed by atoms with Gasteiger partial charge in [-0.1, -0.05) is 117 Å². The van der Waals surface area contributed by atoms with Gasteiger partial charge < -0.3 is 14.7 Å². The van der Waals surface area contributed by atoms with Crippen LogP contribution in [0.1, 0.15) is 156 Å². The van der Waals surface area contributed by atoms with Crippen molar-refractivity contribution >= 4 is 6.16 Å². The summed E-state index contributed by atoms with van der Waals surface area (Å²) in [6, 6.07) is 0. The molecule has 200 valence electrons. The molecule has 0 unspecified atom stereocenters. The van der Waals surface area contributed by atoms with E-state index >= 15 is 0 Å². The Balaban J connectivity index is 0. The number of quaternary nitrogens is 1. The third-order valence-electron chi connectivity index (χ3n) is 6.90. The maximum Gasteiger partial charge on any atom is 0.503 e. The van der Waals surface area contributed by atoms with Gasteiger partial charge in [-0.15, -0.1) is 0 Å². The van der Waals surface area contributed by atoms with Crippen LogP contribution in [0.5, 0.6) is 0 Å². The van der Waals surface area contributed by atoms with Crippen molar-refractivity contribution in [2.24, 2.45) is 0 Å². The first-order chi connectivity index (χ1) is 15.9. The highest BCUT2D eigenvalue weighted by Gasteiger charge is 2.20. The molecule has 0 fully saturated rings. The van der Waals surface area contributed by atoms with Gasteiger partial charge in [-0.05, 0) is 38.5 Å². The summed E-state index contributed by atoms with van der Waals surface area (Å²) in [6.07, 6.45) is 28.5. The van der Waals surface area contributed by atoms with Gasteiger partial charge in [-0.3, -0.25) is 0 Å². The second-order valence-corrected chi connectivity index (χ2v) is 10.4. The van der Waals surface area contributed by atoms with Crippen molar-refractivity contribution < 1.29 is 19.5 Å². The molecule has 0 aliphatic rings. The van der Waals surface area contributed by atoms with E-state index in [4.69, 9.17) is 15.0 Å². The van der Waals surface area contributed by atoms with Gasteiger partial charge in [0.25, 0.3) is 0 Å². The Labute approximate surface area is 208 Å². The molecule has 0 aliphatic carbocycles. The summed E-state index contributed by atoms with van der Waals surface area (Å²) in [6.45, 7) is 11.2. The Morgan fingerprint density at radius 3 is 0.848 bits per heavy atom. The highest BCUT2D eigenvalue weighted by atomic mass is 16.6. The second-order valence-electron chi connectivity index (χ2n) is 10.4. The molecule has 0 aromatic carbocycles. The molecule has 0 spiro atoms. The van der Waals surface area contributed by atoms with Gasteiger partial charge in [0.05, 0.1) is 26.7 Å². The molecule has 0 saturated carbocycles. The second kappa shape index (κ2) is 27.5. The van der Waals surface area contributed by atoms with Crippen molar-refractivity contribution in [3.63, 3.8) is 0 Å². The predicted octanol–water partition coefficient (Wildman–Crippen LogP) is 9.91. The third kappa shape index (κ3) is 31.2. The zero-order valence-corrected chi connectivity index (χ0v) is 23.2. The molecule has 0 amide bonds. The molecule has 4 heteroatoms. The van der Waals surface area contributed by atoms with Crippen LogP contribution in [0.4, 0.5) is 4.79 Å². The van der Waals surface area contributed by atoms with E-state index in [1.807, 2.05) is 0 Å². The minimum Gasteiger partial charge on any atom is -0.450 e. The molecule has 0 aromatic rings. The molecule has 0 heterocycles. The first kappa shape index (κ1) is 34.4. The number of unbranched alkanes of at least 4 members (excludes halogenated alkanes) is 18. The lowest BCUT2D eigenvalue weighted by Crippen LogP contribution is -2.46. The van der Waals surface area contributed by atoms with Gasteiger partial charge in [-0.25, -0.2) is 4.79 Å². The number of hydrogen-bond donors (Lipinski definition) is 2. The van der Waals surface area contributed by atoms with Crippen LogP contribution in [0.15, 0.2) is 0 Å². The quantitative estimate of drug-likeness (QED) is 0.108. The molecule has 0 aromatic heterocycles. The topological polar surface area (TPSA) is 57.5 Å². The molecule has 33 heavy (non-hydrogen) atoms. The predicted molar refractivity (Wildman–Crippen MR) is 145 cm³/mol. The van der Waals surface area contributed by atoms with E-state index in [1.54, 1.807) is 0 Å². The summed E-state index contributed by atoms with van der Waals surface area (Å²) in [5, 5.41) is 13.9. The summed E-state index contributed by atoms with van der Waals surface area (Å²) in [4.78, 5) is 8.56. The number of nitrogens with zero attached hydrogens (tertiary/aromatic N) is 1. The van der Waals surface area contributed by atoms with Gasteiger partial charge in [0.15, 0.2) is 0 Å². The lowest BCUT2D eigenvalue weighted by atomic mass is 10.1. The SMILES string of the molecule is CCCCCCCCC[N+](C)(CCCCCCCCC)CCCCCCCCC.O=C(O)O. The normalized spacial score (nSPS) is 11.3.